The lowest BCUT2D eigenvalue weighted by molar-refractivity contribution is 0.331. The van der Waals surface area contributed by atoms with Crippen molar-refractivity contribution in [2.45, 2.75) is 96.8 Å². The Balaban J connectivity index is 1.09. The smallest absolute Gasteiger partial charge is 0.333 e. The van der Waals surface area contributed by atoms with E-state index in [0.29, 0.717) is 0 Å². The Hall–Kier alpha value is -6.56. The standard InChI is InChI=1S/C63H53BN2OS/c1-60(2,3)34-18-20-35(21-19-34)66-51-31-42-41-28-47-48(62(6,7)27-26-61(47,4)5)32-46(41)63(8,9)45(42)29-43(51)38-22-23-40-56-50(25-24-39-36-14-10-12-16-53(36)67-59(39)56)65-52-33-55-44(37-15-11-13-17-54(37)68-55)30-49(52)64(66)57(38)58(40)65/h10-25,28-33H,26-27H2,1-9H3. The normalized spacial score (nSPS) is 17.1. The fourth-order valence-electron chi connectivity index (χ4n) is 13.6. The minimum atomic E-state index is -0.177. The van der Waals surface area contributed by atoms with Gasteiger partial charge in [0.25, 0.3) is 0 Å². The summed E-state index contributed by atoms with van der Waals surface area (Å²) in [6.07, 6.45) is 2.40. The summed E-state index contributed by atoms with van der Waals surface area (Å²) in [5, 5.41) is 7.40. The quantitative estimate of drug-likeness (QED) is 0.153. The molecule has 0 saturated carbocycles. The zero-order valence-electron chi connectivity index (χ0n) is 40.4. The number of nitrogens with zero attached hydrogens (tertiary/aromatic N) is 2. The second kappa shape index (κ2) is 12.6. The lowest BCUT2D eigenvalue weighted by Gasteiger charge is -2.42. The van der Waals surface area contributed by atoms with Gasteiger partial charge in [-0.25, -0.2) is 0 Å². The van der Waals surface area contributed by atoms with Crippen molar-refractivity contribution in [3.05, 3.63) is 161 Å². The van der Waals surface area contributed by atoms with E-state index >= 15 is 0 Å². The Kier molecular flexibility index (Phi) is 7.28. The minimum Gasteiger partial charge on any atom is -0.455 e. The maximum absolute atomic E-state index is 6.92. The lowest BCUT2D eigenvalue weighted by Crippen LogP contribution is -2.60. The molecule has 3 aromatic heterocycles. The van der Waals surface area contributed by atoms with Crippen molar-refractivity contribution < 1.29 is 4.42 Å². The summed E-state index contributed by atoms with van der Waals surface area (Å²) >= 11 is 1.90. The molecule has 2 aliphatic carbocycles. The van der Waals surface area contributed by atoms with Crippen LogP contribution in [0.3, 0.4) is 0 Å². The number of hydrogen-bond acceptors (Lipinski definition) is 3. The van der Waals surface area contributed by atoms with E-state index in [-0.39, 0.29) is 28.5 Å². The van der Waals surface area contributed by atoms with Crippen LogP contribution < -0.4 is 15.7 Å². The van der Waals surface area contributed by atoms with Gasteiger partial charge in [0.2, 0.25) is 0 Å². The molecule has 4 aliphatic rings. The molecule has 0 atom stereocenters. The lowest BCUT2D eigenvalue weighted by atomic mass is 9.44. The van der Waals surface area contributed by atoms with Crippen LogP contribution in [0.1, 0.15) is 103 Å². The zero-order chi connectivity index (χ0) is 46.1. The van der Waals surface area contributed by atoms with Crippen LogP contribution in [-0.4, -0.2) is 11.4 Å². The average Bonchev–Trinajstić information content (AvgIpc) is 4.05. The number of furan rings is 1. The highest BCUT2D eigenvalue weighted by Crippen LogP contribution is 2.58. The predicted molar refractivity (Wildman–Crippen MR) is 292 cm³/mol. The van der Waals surface area contributed by atoms with Gasteiger partial charge >= 0.3 is 6.85 Å². The fraction of sp³-hybridized carbons (Fsp3) is 0.238. The first-order chi connectivity index (χ1) is 32.6. The van der Waals surface area contributed by atoms with E-state index in [9.17, 15) is 0 Å². The maximum Gasteiger partial charge on any atom is 0.333 e. The summed E-state index contributed by atoms with van der Waals surface area (Å²) in [5.41, 5.74) is 23.6. The number of aromatic nitrogens is 1. The summed E-state index contributed by atoms with van der Waals surface area (Å²) in [6, 6.07) is 52.1. The van der Waals surface area contributed by atoms with Crippen LogP contribution in [0.2, 0.25) is 0 Å². The molecule has 0 saturated heterocycles. The first kappa shape index (κ1) is 39.4. The number of thiophene rings is 1. The Morgan fingerprint density at radius 2 is 1.24 bits per heavy atom. The number of anilines is 2. The highest BCUT2D eigenvalue weighted by atomic mass is 32.1. The Bertz CT molecular complexity index is 4110. The number of benzene rings is 8. The first-order valence-corrected chi connectivity index (χ1v) is 25.6. The Morgan fingerprint density at radius 1 is 0.559 bits per heavy atom. The largest absolute Gasteiger partial charge is 0.455 e. The van der Waals surface area contributed by atoms with Gasteiger partial charge in [-0.1, -0.05) is 135 Å². The van der Waals surface area contributed by atoms with Crippen molar-refractivity contribution in [3.8, 4) is 27.9 Å². The van der Waals surface area contributed by atoms with E-state index in [1.54, 1.807) is 0 Å². The van der Waals surface area contributed by atoms with Gasteiger partial charge in [-0.2, -0.15) is 0 Å². The molecule has 0 bridgehead atoms. The van der Waals surface area contributed by atoms with Crippen molar-refractivity contribution in [1.82, 2.24) is 4.57 Å². The van der Waals surface area contributed by atoms with Crippen molar-refractivity contribution in [2.24, 2.45) is 0 Å². The van der Waals surface area contributed by atoms with Crippen molar-refractivity contribution >= 4 is 104 Å². The molecular weight excluding hydrogens is 844 g/mol. The van der Waals surface area contributed by atoms with Gasteiger partial charge in [-0.15, -0.1) is 11.3 Å². The molecule has 5 heterocycles. The third kappa shape index (κ3) is 4.86. The van der Waals surface area contributed by atoms with Gasteiger partial charge in [0.05, 0.1) is 16.4 Å². The molecule has 0 amide bonds. The van der Waals surface area contributed by atoms with Gasteiger partial charge in [-0.3, -0.25) is 0 Å². The molecule has 15 rings (SSSR count). The van der Waals surface area contributed by atoms with E-state index in [2.05, 4.69) is 205 Å². The fourth-order valence-corrected chi connectivity index (χ4v) is 14.7. The summed E-state index contributed by atoms with van der Waals surface area (Å²) in [7, 11) is 0. The third-order valence-electron chi connectivity index (χ3n) is 17.4. The summed E-state index contributed by atoms with van der Waals surface area (Å²) in [4.78, 5) is 2.73. The predicted octanol–water partition coefficient (Wildman–Crippen LogP) is 16.2. The van der Waals surface area contributed by atoms with E-state index < -0.39 is 0 Å². The summed E-state index contributed by atoms with van der Waals surface area (Å²) < 4.78 is 12.2. The van der Waals surface area contributed by atoms with Crippen LogP contribution in [0.15, 0.2) is 138 Å². The number of hydrogen-bond donors (Lipinski definition) is 0. The Labute approximate surface area is 402 Å². The molecule has 68 heavy (non-hydrogen) atoms. The molecule has 3 nitrogen and oxygen atoms in total. The monoisotopic (exact) mass is 896 g/mol. The van der Waals surface area contributed by atoms with Crippen LogP contribution in [0.5, 0.6) is 0 Å². The van der Waals surface area contributed by atoms with E-state index in [1.165, 1.54) is 133 Å². The molecule has 0 radical (unpaired) electrons. The maximum atomic E-state index is 6.92. The van der Waals surface area contributed by atoms with Gasteiger partial charge in [-0.05, 0) is 145 Å². The van der Waals surface area contributed by atoms with Gasteiger partial charge in [0, 0.05) is 64.4 Å². The van der Waals surface area contributed by atoms with E-state index in [4.69, 9.17) is 4.42 Å². The van der Waals surface area contributed by atoms with Gasteiger partial charge in [0.15, 0.2) is 0 Å². The molecule has 8 aromatic carbocycles. The molecule has 2 aliphatic heterocycles. The molecule has 5 heteroatoms. The molecule has 0 fully saturated rings. The van der Waals surface area contributed by atoms with Gasteiger partial charge in [0.1, 0.15) is 11.2 Å². The number of fused-ring (bicyclic) bond motifs is 19. The molecule has 330 valence electrons. The average molecular weight is 897 g/mol. The third-order valence-corrected chi connectivity index (χ3v) is 18.5. The molecule has 11 aromatic rings. The van der Waals surface area contributed by atoms with Crippen LogP contribution in [0.25, 0.3) is 91.9 Å². The topological polar surface area (TPSA) is 21.3 Å². The zero-order valence-corrected chi connectivity index (χ0v) is 41.2. The first-order valence-electron chi connectivity index (χ1n) is 24.7. The highest BCUT2D eigenvalue weighted by Gasteiger charge is 2.48. The molecule has 0 spiro atoms. The van der Waals surface area contributed by atoms with Gasteiger partial charge < -0.3 is 13.8 Å². The van der Waals surface area contributed by atoms with Crippen LogP contribution in [0.4, 0.5) is 11.4 Å². The van der Waals surface area contributed by atoms with Crippen LogP contribution in [-0.2, 0) is 21.7 Å². The SMILES string of the molecule is CC(C)(C)c1ccc(N2B3c4cc5c(cc4-n4c6ccc7c8ccccc8oc7c6c6ccc(c3c64)-c3cc4c(cc32)-c2cc3c(cc2C4(C)C)C(C)(C)CCC3(C)C)sc2ccccc25)cc1. The van der Waals surface area contributed by atoms with Crippen molar-refractivity contribution in [1.29, 1.82) is 0 Å². The molecule has 0 N–H and O–H groups in total. The highest BCUT2D eigenvalue weighted by molar-refractivity contribution is 7.26. The Morgan fingerprint density at radius 3 is 2.01 bits per heavy atom. The summed E-state index contributed by atoms with van der Waals surface area (Å²) in [5.74, 6) is 0. The second-order valence-corrected chi connectivity index (χ2v) is 24.6. The van der Waals surface area contributed by atoms with Crippen molar-refractivity contribution in [3.63, 3.8) is 0 Å². The van der Waals surface area contributed by atoms with Crippen LogP contribution in [0, 0.1) is 0 Å². The molecule has 0 unspecified atom stereocenters. The van der Waals surface area contributed by atoms with Crippen LogP contribution >= 0.6 is 11.3 Å². The van der Waals surface area contributed by atoms with E-state index in [0.717, 1.165) is 21.9 Å². The molecular formula is C63H53BN2OS. The number of para-hydroxylation sites is 1. The number of rotatable bonds is 1. The van der Waals surface area contributed by atoms with E-state index in [1.807, 2.05) is 11.3 Å². The van der Waals surface area contributed by atoms with Crippen molar-refractivity contribution in [2.75, 3.05) is 4.81 Å². The summed E-state index contributed by atoms with van der Waals surface area (Å²) in [6.45, 7) is 21.7. The minimum absolute atomic E-state index is 0.0284. The second-order valence-electron chi connectivity index (χ2n) is 23.5.